The van der Waals surface area contributed by atoms with Crippen LogP contribution in [0.15, 0.2) is 30.3 Å². The second-order valence-corrected chi connectivity index (χ2v) is 4.08. The number of hydrogen-bond acceptors (Lipinski definition) is 2. The van der Waals surface area contributed by atoms with Crippen molar-refractivity contribution >= 4 is 5.97 Å². The third-order valence-corrected chi connectivity index (χ3v) is 3.09. The summed E-state index contributed by atoms with van der Waals surface area (Å²) in [6, 6.07) is 9.89. The van der Waals surface area contributed by atoms with Crippen LogP contribution in [0.5, 0.6) is 0 Å². The molecule has 1 fully saturated rings. The zero-order valence-electron chi connectivity index (χ0n) is 8.57. The molecule has 3 nitrogen and oxygen atoms in total. The molecule has 0 spiro atoms. The van der Waals surface area contributed by atoms with Crippen molar-refractivity contribution in [1.82, 2.24) is 5.32 Å². The topological polar surface area (TPSA) is 49.3 Å². The van der Waals surface area contributed by atoms with Crippen LogP contribution in [0, 0.1) is 0 Å². The Balaban J connectivity index is 1.95. The SMILES string of the molecule is O=C(O)C1(NCc2ccccc2)CCC1. The smallest absolute Gasteiger partial charge is 0.323 e. The Hall–Kier alpha value is -1.35. The lowest BCUT2D eigenvalue weighted by Gasteiger charge is -2.38. The minimum atomic E-state index is -0.718. The molecule has 0 saturated heterocycles. The van der Waals surface area contributed by atoms with Crippen LogP contribution < -0.4 is 5.32 Å². The molecule has 0 atom stereocenters. The van der Waals surface area contributed by atoms with E-state index in [1.807, 2.05) is 30.3 Å². The van der Waals surface area contributed by atoms with E-state index >= 15 is 0 Å². The predicted molar refractivity (Wildman–Crippen MR) is 57.5 cm³/mol. The third-order valence-electron chi connectivity index (χ3n) is 3.09. The van der Waals surface area contributed by atoms with Crippen molar-refractivity contribution in [3.63, 3.8) is 0 Å². The fourth-order valence-corrected chi connectivity index (χ4v) is 1.86. The van der Waals surface area contributed by atoms with Gasteiger partial charge < -0.3 is 5.11 Å². The lowest BCUT2D eigenvalue weighted by Crippen LogP contribution is -2.56. The van der Waals surface area contributed by atoms with Gasteiger partial charge in [0.05, 0.1) is 0 Å². The van der Waals surface area contributed by atoms with Gasteiger partial charge in [0.25, 0.3) is 0 Å². The first-order chi connectivity index (χ1) is 7.23. The number of hydrogen-bond donors (Lipinski definition) is 2. The molecule has 15 heavy (non-hydrogen) atoms. The molecule has 0 unspecified atom stereocenters. The monoisotopic (exact) mass is 205 g/mol. The van der Waals surface area contributed by atoms with Crippen LogP contribution in [0.2, 0.25) is 0 Å². The standard InChI is InChI=1S/C12H15NO2/c14-11(15)12(7-4-8-12)13-9-10-5-2-1-3-6-10/h1-3,5-6,13H,4,7-9H2,(H,14,15). The molecule has 0 aliphatic heterocycles. The molecule has 1 aliphatic carbocycles. The summed E-state index contributed by atoms with van der Waals surface area (Å²) >= 11 is 0. The molecule has 80 valence electrons. The Bertz CT molecular complexity index is 344. The van der Waals surface area contributed by atoms with E-state index in [0.29, 0.717) is 6.54 Å². The zero-order valence-corrected chi connectivity index (χ0v) is 8.57. The first kappa shape index (κ1) is 10.2. The van der Waals surface area contributed by atoms with Crippen molar-refractivity contribution in [2.45, 2.75) is 31.3 Å². The summed E-state index contributed by atoms with van der Waals surface area (Å²) in [6.07, 6.45) is 2.50. The van der Waals surface area contributed by atoms with Crippen LogP contribution in [0.3, 0.4) is 0 Å². The molecule has 1 aliphatic rings. The number of aliphatic carboxylic acids is 1. The predicted octanol–water partition coefficient (Wildman–Crippen LogP) is 1.78. The van der Waals surface area contributed by atoms with Crippen molar-refractivity contribution in [3.05, 3.63) is 35.9 Å². The highest BCUT2D eigenvalue weighted by Gasteiger charge is 2.43. The Labute approximate surface area is 89.1 Å². The highest BCUT2D eigenvalue weighted by molar-refractivity contribution is 5.79. The van der Waals surface area contributed by atoms with E-state index in [1.54, 1.807) is 0 Å². The maximum Gasteiger partial charge on any atom is 0.323 e. The first-order valence-corrected chi connectivity index (χ1v) is 5.25. The molecule has 0 amide bonds. The normalized spacial score (nSPS) is 18.1. The first-order valence-electron chi connectivity index (χ1n) is 5.25. The lowest BCUT2D eigenvalue weighted by molar-refractivity contribution is -0.148. The van der Waals surface area contributed by atoms with Gasteiger partial charge in [-0.25, -0.2) is 0 Å². The number of carbonyl (C=O) groups is 1. The number of benzene rings is 1. The Morgan fingerprint density at radius 3 is 2.47 bits per heavy atom. The van der Waals surface area contributed by atoms with Gasteiger partial charge in [-0.2, -0.15) is 0 Å². The minimum absolute atomic E-state index is 0.632. The van der Waals surface area contributed by atoms with Crippen LogP contribution in [-0.2, 0) is 11.3 Å². The third kappa shape index (κ3) is 2.02. The van der Waals surface area contributed by atoms with Crippen molar-refractivity contribution in [3.8, 4) is 0 Å². The molecule has 0 heterocycles. The summed E-state index contributed by atoms with van der Waals surface area (Å²) < 4.78 is 0. The van der Waals surface area contributed by atoms with Crippen molar-refractivity contribution < 1.29 is 9.90 Å². The average Bonchev–Trinajstić information content (AvgIpc) is 2.17. The molecular weight excluding hydrogens is 190 g/mol. The molecule has 1 aromatic carbocycles. The molecule has 2 N–H and O–H groups in total. The van der Waals surface area contributed by atoms with Gasteiger partial charge in [0, 0.05) is 6.54 Å². The van der Waals surface area contributed by atoms with E-state index in [9.17, 15) is 4.79 Å². The maximum atomic E-state index is 11.1. The van der Waals surface area contributed by atoms with Gasteiger partial charge in [-0.3, -0.25) is 10.1 Å². The van der Waals surface area contributed by atoms with Gasteiger partial charge in [0.1, 0.15) is 5.54 Å². The summed E-state index contributed by atoms with van der Waals surface area (Å²) in [7, 11) is 0. The molecule has 3 heteroatoms. The summed E-state index contributed by atoms with van der Waals surface area (Å²) in [5.41, 5.74) is 0.473. The van der Waals surface area contributed by atoms with Gasteiger partial charge >= 0.3 is 5.97 Å². The quantitative estimate of drug-likeness (QED) is 0.787. The van der Waals surface area contributed by atoms with E-state index in [2.05, 4.69) is 5.32 Å². The molecule has 1 aromatic rings. The fourth-order valence-electron chi connectivity index (χ4n) is 1.86. The largest absolute Gasteiger partial charge is 0.480 e. The lowest BCUT2D eigenvalue weighted by atomic mass is 9.76. The molecule has 2 rings (SSSR count). The second kappa shape index (κ2) is 4.03. The molecular formula is C12H15NO2. The van der Waals surface area contributed by atoms with Crippen LogP contribution in [0.1, 0.15) is 24.8 Å². The Morgan fingerprint density at radius 1 is 1.33 bits per heavy atom. The van der Waals surface area contributed by atoms with Gasteiger partial charge in [-0.15, -0.1) is 0 Å². The molecule has 0 aromatic heterocycles. The number of rotatable bonds is 4. The highest BCUT2D eigenvalue weighted by Crippen LogP contribution is 2.32. The summed E-state index contributed by atoms with van der Waals surface area (Å²) in [4.78, 5) is 11.1. The molecule has 0 radical (unpaired) electrons. The maximum absolute atomic E-state index is 11.1. The van der Waals surface area contributed by atoms with E-state index in [0.717, 1.165) is 24.8 Å². The summed E-state index contributed by atoms with van der Waals surface area (Å²) in [5.74, 6) is -0.718. The van der Waals surface area contributed by atoms with Gasteiger partial charge in [0.15, 0.2) is 0 Å². The van der Waals surface area contributed by atoms with Gasteiger partial charge in [0.2, 0.25) is 0 Å². The van der Waals surface area contributed by atoms with E-state index in [-0.39, 0.29) is 0 Å². The summed E-state index contributed by atoms with van der Waals surface area (Å²) in [6.45, 7) is 0.632. The molecule has 0 bridgehead atoms. The minimum Gasteiger partial charge on any atom is -0.480 e. The van der Waals surface area contributed by atoms with Gasteiger partial charge in [-0.05, 0) is 24.8 Å². The number of nitrogens with one attached hydrogen (secondary N) is 1. The Morgan fingerprint density at radius 2 is 2.00 bits per heavy atom. The van der Waals surface area contributed by atoms with Crippen LogP contribution >= 0.6 is 0 Å². The number of carboxylic acid groups (broad SMARTS) is 1. The van der Waals surface area contributed by atoms with Crippen molar-refractivity contribution in [2.75, 3.05) is 0 Å². The van der Waals surface area contributed by atoms with E-state index in [1.165, 1.54) is 0 Å². The average molecular weight is 205 g/mol. The second-order valence-electron chi connectivity index (χ2n) is 4.08. The van der Waals surface area contributed by atoms with E-state index < -0.39 is 11.5 Å². The Kier molecular flexibility index (Phi) is 2.73. The van der Waals surface area contributed by atoms with Crippen molar-refractivity contribution in [2.24, 2.45) is 0 Å². The van der Waals surface area contributed by atoms with E-state index in [4.69, 9.17) is 5.11 Å². The highest BCUT2D eigenvalue weighted by atomic mass is 16.4. The van der Waals surface area contributed by atoms with Crippen molar-refractivity contribution in [1.29, 1.82) is 0 Å². The number of carboxylic acids is 1. The summed E-state index contributed by atoms with van der Waals surface area (Å²) in [5, 5.41) is 12.2. The fraction of sp³-hybridized carbons (Fsp3) is 0.417. The van der Waals surface area contributed by atoms with Gasteiger partial charge in [-0.1, -0.05) is 30.3 Å². The molecule has 1 saturated carbocycles. The zero-order chi connectivity index (χ0) is 10.7. The van der Waals surface area contributed by atoms with Crippen LogP contribution in [0.25, 0.3) is 0 Å². The van der Waals surface area contributed by atoms with Crippen LogP contribution in [-0.4, -0.2) is 16.6 Å². The van der Waals surface area contributed by atoms with Crippen LogP contribution in [0.4, 0.5) is 0 Å².